The highest BCUT2D eigenvalue weighted by Gasteiger charge is 2.25. The fourth-order valence-corrected chi connectivity index (χ4v) is 2.66. The first-order valence-electron chi connectivity index (χ1n) is 10.5. The number of nitrogens with one attached hydrogen (secondary N) is 1. The average molecular weight is 485 g/mol. The zero-order chi connectivity index (χ0) is 25.8. The van der Waals surface area contributed by atoms with Crippen LogP contribution in [0.2, 0.25) is 0 Å². The summed E-state index contributed by atoms with van der Waals surface area (Å²) in [7, 11) is 0. The maximum Gasteiger partial charge on any atom is 0.331 e. The molecule has 5 atom stereocenters. The first-order valence-corrected chi connectivity index (χ1v) is 10.5. The van der Waals surface area contributed by atoms with Gasteiger partial charge in [0.25, 0.3) is 0 Å². The molecule has 0 aromatic heterocycles. The molecule has 1 aromatic carbocycles. The van der Waals surface area contributed by atoms with E-state index in [9.17, 15) is 19.2 Å². The van der Waals surface area contributed by atoms with Crippen molar-refractivity contribution in [2.24, 2.45) is 17.2 Å². The highest BCUT2D eigenvalue weighted by Crippen LogP contribution is 2.14. The van der Waals surface area contributed by atoms with Gasteiger partial charge in [-0.1, -0.05) is 12.1 Å². The van der Waals surface area contributed by atoms with Crippen LogP contribution in [0.1, 0.15) is 25.3 Å². The van der Waals surface area contributed by atoms with Crippen LogP contribution in [0.3, 0.4) is 0 Å². The van der Waals surface area contributed by atoms with E-state index in [1.165, 1.54) is 19.1 Å². The summed E-state index contributed by atoms with van der Waals surface area (Å²) in [6, 6.07) is 2.66. The first-order chi connectivity index (χ1) is 15.9. The van der Waals surface area contributed by atoms with E-state index in [2.05, 4.69) is 5.32 Å². The number of carboxylic acid groups (broad SMARTS) is 2. The number of nitrogens with two attached hydrogens (primary N) is 3. The van der Waals surface area contributed by atoms with Crippen molar-refractivity contribution in [2.45, 2.75) is 56.5 Å². The molecule has 13 nitrogen and oxygen atoms in total. The predicted octanol–water partition coefficient (Wildman–Crippen LogP) is -2.05. The molecule has 0 saturated carbocycles. The van der Waals surface area contributed by atoms with Crippen LogP contribution in [0.15, 0.2) is 24.3 Å². The lowest BCUT2D eigenvalue weighted by Crippen LogP contribution is -2.41. The SMILES string of the molecule is C[C@@H](O)[C@H](N)C(=O)O.N[C@@H](Cc1ccc(OC(=O)[C@@H](N)COC(=O)[C@@H]2CCCN2)cc1)C(=O)O. The number of ether oxygens (including phenoxy) is 2. The van der Waals surface area contributed by atoms with Gasteiger partial charge in [-0.05, 0) is 50.4 Å². The molecule has 34 heavy (non-hydrogen) atoms. The number of carboxylic acids is 2. The summed E-state index contributed by atoms with van der Waals surface area (Å²) in [5.74, 6) is -3.17. The van der Waals surface area contributed by atoms with Gasteiger partial charge in [-0.15, -0.1) is 0 Å². The number of esters is 2. The van der Waals surface area contributed by atoms with Gasteiger partial charge < -0.3 is 47.3 Å². The monoisotopic (exact) mass is 484 g/mol. The van der Waals surface area contributed by atoms with E-state index in [0.29, 0.717) is 12.0 Å². The summed E-state index contributed by atoms with van der Waals surface area (Å²) < 4.78 is 10.2. The smallest absolute Gasteiger partial charge is 0.331 e. The van der Waals surface area contributed by atoms with Crippen LogP contribution in [0.5, 0.6) is 5.75 Å². The molecule has 1 heterocycles. The van der Waals surface area contributed by atoms with E-state index in [0.717, 1.165) is 13.0 Å². The molecule has 190 valence electrons. The molecule has 0 aliphatic carbocycles. The lowest BCUT2D eigenvalue weighted by atomic mass is 10.1. The third-order valence-corrected chi connectivity index (χ3v) is 4.77. The number of carbonyl (C=O) groups excluding carboxylic acids is 2. The van der Waals surface area contributed by atoms with Gasteiger partial charge in [-0.3, -0.25) is 14.4 Å². The van der Waals surface area contributed by atoms with Crippen molar-refractivity contribution in [3.8, 4) is 5.75 Å². The van der Waals surface area contributed by atoms with Gasteiger partial charge in [0.05, 0.1) is 6.10 Å². The Morgan fingerprint density at radius 1 is 1.06 bits per heavy atom. The van der Waals surface area contributed by atoms with Crippen LogP contribution in [0.4, 0.5) is 0 Å². The Morgan fingerprint density at radius 3 is 2.12 bits per heavy atom. The highest BCUT2D eigenvalue weighted by molar-refractivity contribution is 5.80. The molecule has 1 saturated heterocycles. The molecule has 0 amide bonds. The molecule has 1 fully saturated rings. The molecule has 13 heteroatoms. The summed E-state index contributed by atoms with van der Waals surface area (Å²) in [5.41, 5.74) is 16.8. The highest BCUT2D eigenvalue weighted by atomic mass is 16.6. The van der Waals surface area contributed by atoms with E-state index >= 15 is 0 Å². The first kappa shape index (κ1) is 28.9. The van der Waals surface area contributed by atoms with Crippen molar-refractivity contribution in [1.82, 2.24) is 5.32 Å². The number of aliphatic hydroxyl groups excluding tert-OH is 1. The third kappa shape index (κ3) is 10.2. The second kappa shape index (κ2) is 14.2. The molecule has 0 bridgehead atoms. The maximum atomic E-state index is 11.9. The molecule has 0 radical (unpaired) electrons. The van der Waals surface area contributed by atoms with Gasteiger partial charge in [-0.25, -0.2) is 4.79 Å². The van der Waals surface area contributed by atoms with Crippen LogP contribution in [-0.4, -0.2) is 82.6 Å². The average Bonchev–Trinajstić information content (AvgIpc) is 3.33. The van der Waals surface area contributed by atoms with Crippen molar-refractivity contribution >= 4 is 23.9 Å². The lowest BCUT2D eigenvalue weighted by Gasteiger charge is -2.14. The molecule has 1 aliphatic rings. The number of hydrogen-bond acceptors (Lipinski definition) is 11. The van der Waals surface area contributed by atoms with Crippen LogP contribution >= 0.6 is 0 Å². The number of benzene rings is 1. The minimum Gasteiger partial charge on any atom is -0.480 e. The van der Waals surface area contributed by atoms with Gasteiger partial charge in [0.1, 0.15) is 36.5 Å². The molecular formula is C21H32N4O9. The topological polar surface area (TPSA) is 238 Å². The Kier molecular flexibility index (Phi) is 12.1. The quantitative estimate of drug-likeness (QED) is 0.140. The Balaban J connectivity index is 0.000000620. The number of hydrogen-bond donors (Lipinski definition) is 7. The number of aliphatic carboxylic acids is 2. The Morgan fingerprint density at radius 2 is 1.68 bits per heavy atom. The van der Waals surface area contributed by atoms with Gasteiger partial charge in [-0.2, -0.15) is 0 Å². The maximum absolute atomic E-state index is 11.9. The summed E-state index contributed by atoms with van der Waals surface area (Å²) in [4.78, 5) is 44.3. The molecule has 10 N–H and O–H groups in total. The summed E-state index contributed by atoms with van der Waals surface area (Å²) in [5, 5.41) is 28.3. The van der Waals surface area contributed by atoms with Crippen LogP contribution in [-0.2, 0) is 30.3 Å². The molecular weight excluding hydrogens is 452 g/mol. The van der Waals surface area contributed by atoms with Crippen molar-refractivity contribution in [2.75, 3.05) is 13.2 Å². The van der Waals surface area contributed by atoms with E-state index in [-0.39, 0.29) is 24.8 Å². The van der Waals surface area contributed by atoms with E-state index in [4.69, 9.17) is 42.0 Å². The van der Waals surface area contributed by atoms with Crippen LogP contribution in [0.25, 0.3) is 0 Å². The fraction of sp³-hybridized carbons (Fsp3) is 0.524. The second-order valence-electron chi connectivity index (χ2n) is 7.70. The number of aliphatic hydroxyl groups is 1. The van der Waals surface area contributed by atoms with Crippen LogP contribution in [0, 0.1) is 0 Å². The van der Waals surface area contributed by atoms with Crippen molar-refractivity contribution in [3.05, 3.63) is 29.8 Å². The standard InChI is InChI=1S/C17H23N3O6.C4H9NO3/c18-12(15(21)22)8-10-3-5-11(6-4-10)26-16(23)13(19)9-25-17(24)14-2-1-7-20-14;1-2(6)3(5)4(7)8/h3-6,12-14,20H,1-2,7-9,18-19H2,(H,21,22);2-3,6H,5H2,1H3,(H,7,8)/t12-,13-,14-;2-,3+/m01/s1. The van der Waals surface area contributed by atoms with Crippen molar-refractivity contribution < 1.29 is 44.0 Å². The fourth-order valence-electron chi connectivity index (χ4n) is 2.66. The zero-order valence-corrected chi connectivity index (χ0v) is 18.8. The van der Waals surface area contributed by atoms with E-state index < -0.39 is 48.1 Å². The predicted molar refractivity (Wildman–Crippen MR) is 119 cm³/mol. The normalized spacial score (nSPS) is 18.4. The van der Waals surface area contributed by atoms with Gasteiger partial charge in [0.2, 0.25) is 0 Å². The van der Waals surface area contributed by atoms with Gasteiger partial charge >= 0.3 is 23.9 Å². The van der Waals surface area contributed by atoms with Crippen molar-refractivity contribution in [3.63, 3.8) is 0 Å². The third-order valence-electron chi connectivity index (χ3n) is 4.77. The largest absolute Gasteiger partial charge is 0.480 e. The van der Waals surface area contributed by atoms with Gasteiger partial charge in [0.15, 0.2) is 0 Å². The number of carbonyl (C=O) groups is 4. The summed E-state index contributed by atoms with van der Waals surface area (Å²) in [6.07, 6.45) is 0.791. The zero-order valence-electron chi connectivity index (χ0n) is 18.8. The minimum atomic E-state index is -1.18. The molecule has 1 aliphatic heterocycles. The van der Waals surface area contributed by atoms with E-state index in [1.54, 1.807) is 12.1 Å². The van der Waals surface area contributed by atoms with Crippen LogP contribution < -0.4 is 27.3 Å². The lowest BCUT2D eigenvalue weighted by molar-refractivity contribution is -0.149. The van der Waals surface area contributed by atoms with Gasteiger partial charge in [0, 0.05) is 0 Å². The minimum absolute atomic E-state index is 0.161. The van der Waals surface area contributed by atoms with E-state index in [1.807, 2.05) is 0 Å². The van der Waals surface area contributed by atoms with Crippen molar-refractivity contribution in [1.29, 1.82) is 0 Å². The molecule has 0 unspecified atom stereocenters. The Bertz CT molecular complexity index is 826. The molecule has 2 rings (SSSR count). The Hall–Kier alpha value is -3.10. The Labute approximate surface area is 196 Å². The molecule has 1 aromatic rings. The second-order valence-corrected chi connectivity index (χ2v) is 7.70. The number of rotatable bonds is 10. The summed E-state index contributed by atoms with van der Waals surface area (Å²) in [6.45, 7) is 1.83. The molecule has 0 spiro atoms. The summed E-state index contributed by atoms with van der Waals surface area (Å²) >= 11 is 0.